The molecule has 6 nitrogen and oxygen atoms in total. The lowest BCUT2D eigenvalue weighted by atomic mass is 9.92. The van der Waals surface area contributed by atoms with E-state index in [0.29, 0.717) is 5.56 Å². The molecule has 0 aromatic heterocycles. The fourth-order valence-electron chi connectivity index (χ4n) is 2.75. The summed E-state index contributed by atoms with van der Waals surface area (Å²) < 4.78 is 28.8. The quantitative estimate of drug-likeness (QED) is 0.645. The minimum atomic E-state index is -2.94. The van der Waals surface area contributed by atoms with Crippen molar-refractivity contribution < 1.29 is 23.1 Å². The Kier molecular flexibility index (Phi) is 4.89. The average Bonchev–Trinajstić information content (AvgIpc) is 2.84. The van der Waals surface area contributed by atoms with Crippen LogP contribution >= 0.6 is 0 Å². The molecule has 1 saturated heterocycles. The zero-order chi connectivity index (χ0) is 19.6. The maximum Gasteiger partial charge on any atom is 0.387 e. The minimum absolute atomic E-state index is 0.0384. The molecule has 3 amide bonds. The third kappa shape index (κ3) is 3.64. The van der Waals surface area contributed by atoms with Gasteiger partial charge in [-0.1, -0.05) is 36.4 Å². The van der Waals surface area contributed by atoms with Gasteiger partial charge in [0.1, 0.15) is 11.3 Å². The minimum Gasteiger partial charge on any atom is -0.435 e. The van der Waals surface area contributed by atoms with Crippen LogP contribution in [-0.4, -0.2) is 29.8 Å². The van der Waals surface area contributed by atoms with E-state index in [4.69, 9.17) is 0 Å². The van der Waals surface area contributed by atoms with E-state index in [1.807, 2.05) is 31.2 Å². The van der Waals surface area contributed by atoms with Crippen molar-refractivity contribution in [3.8, 4) is 5.75 Å². The molecule has 0 bridgehead atoms. The van der Waals surface area contributed by atoms with E-state index in [0.717, 1.165) is 16.1 Å². The van der Waals surface area contributed by atoms with E-state index >= 15 is 0 Å². The Bertz CT molecular complexity index is 899. The standard InChI is InChI=1S/C19H17F2N3O3/c1-12-5-3-4-6-13(12)11-22-24-16(25)19(2,23-18(24)26)14-7-9-15(10-8-14)27-17(20)21/h3-11,17H,1-2H3,(H,23,26)/t19-/m1/s1. The topological polar surface area (TPSA) is 71.0 Å². The number of hydrogen-bond acceptors (Lipinski definition) is 4. The highest BCUT2D eigenvalue weighted by Gasteiger charge is 2.49. The Morgan fingerprint density at radius 1 is 1.15 bits per heavy atom. The van der Waals surface area contributed by atoms with Crippen LogP contribution in [0.2, 0.25) is 0 Å². The number of benzene rings is 2. The number of carbonyl (C=O) groups is 2. The van der Waals surface area contributed by atoms with Crippen molar-refractivity contribution in [1.29, 1.82) is 0 Å². The summed E-state index contributed by atoms with van der Waals surface area (Å²) >= 11 is 0. The molecule has 0 saturated carbocycles. The molecule has 0 unspecified atom stereocenters. The molecule has 1 heterocycles. The summed E-state index contributed by atoms with van der Waals surface area (Å²) in [6.45, 7) is 0.477. The summed E-state index contributed by atoms with van der Waals surface area (Å²) in [6, 6.07) is 12.3. The molecule has 0 radical (unpaired) electrons. The van der Waals surface area contributed by atoms with Crippen LogP contribution in [0.5, 0.6) is 5.75 Å². The zero-order valence-electron chi connectivity index (χ0n) is 14.6. The first-order valence-electron chi connectivity index (χ1n) is 8.13. The van der Waals surface area contributed by atoms with E-state index in [9.17, 15) is 18.4 Å². The van der Waals surface area contributed by atoms with Crippen molar-refractivity contribution in [2.75, 3.05) is 0 Å². The van der Waals surface area contributed by atoms with Gasteiger partial charge in [-0.25, -0.2) is 4.79 Å². The molecular weight excluding hydrogens is 356 g/mol. The molecular formula is C19H17F2N3O3. The molecule has 1 N–H and O–H groups in total. The van der Waals surface area contributed by atoms with Gasteiger partial charge in [0.2, 0.25) is 0 Å². The molecule has 8 heteroatoms. The molecule has 140 valence electrons. The van der Waals surface area contributed by atoms with Gasteiger partial charge in [-0.3, -0.25) is 4.79 Å². The van der Waals surface area contributed by atoms with E-state index < -0.39 is 24.1 Å². The number of nitrogens with zero attached hydrogens (tertiary/aromatic N) is 2. The number of imide groups is 1. The molecule has 0 spiro atoms. The molecule has 0 aliphatic carbocycles. The third-order valence-corrected chi connectivity index (χ3v) is 4.33. The number of halogens is 2. The van der Waals surface area contributed by atoms with Gasteiger partial charge >= 0.3 is 12.6 Å². The first-order chi connectivity index (χ1) is 12.8. The first-order valence-corrected chi connectivity index (χ1v) is 8.13. The van der Waals surface area contributed by atoms with Crippen molar-refractivity contribution in [2.45, 2.75) is 26.0 Å². The van der Waals surface area contributed by atoms with Crippen molar-refractivity contribution in [3.05, 3.63) is 65.2 Å². The summed E-state index contributed by atoms with van der Waals surface area (Å²) in [5.41, 5.74) is 0.797. The van der Waals surface area contributed by atoms with Crippen LogP contribution in [0.3, 0.4) is 0 Å². The highest BCUT2D eigenvalue weighted by molar-refractivity contribution is 6.07. The third-order valence-electron chi connectivity index (χ3n) is 4.33. The molecule has 1 fully saturated rings. The molecule has 2 aromatic carbocycles. The van der Waals surface area contributed by atoms with Gasteiger partial charge in [0.05, 0.1) is 6.21 Å². The predicted molar refractivity (Wildman–Crippen MR) is 94.6 cm³/mol. The van der Waals surface area contributed by atoms with Crippen LogP contribution in [0.25, 0.3) is 0 Å². The number of ether oxygens (including phenoxy) is 1. The second-order valence-corrected chi connectivity index (χ2v) is 6.18. The molecule has 2 aromatic rings. The monoisotopic (exact) mass is 373 g/mol. The fourth-order valence-corrected chi connectivity index (χ4v) is 2.75. The van der Waals surface area contributed by atoms with Crippen LogP contribution in [0.15, 0.2) is 53.6 Å². The number of rotatable bonds is 5. The Hall–Kier alpha value is -3.29. The predicted octanol–water partition coefficient (Wildman–Crippen LogP) is 3.40. The second-order valence-electron chi connectivity index (χ2n) is 6.18. The molecule has 1 aliphatic rings. The van der Waals surface area contributed by atoms with Crippen molar-refractivity contribution in [2.24, 2.45) is 5.10 Å². The van der Waals surface area contributed by atoms with Crippen LogP contribution in [-0.2, 0) is 10.3 Å². The summed E-state index contributed by atoms with van der Waals surface area (Å²) in [7, 11) is 0. The largest absolute Gasteiger partial charge is 0.435 e. The maximum absolute atomic E-state index is 12.8. The highest BCUT2D eigenvalue weighted by atomic mass is 19.3. The van der Waals surface area contributed by atoms with Crippen LogP contribution in [0.1, 0.15) is 23.6 Å². The maximum atomic E-state index is 12.8. The summed E-state index contributed by atoms with van der Waals surface area (Å²) in [5, 5.41) is 7.37. The Balaban J connectivity index is 1.83. The van der Waals surface area contributed by atoms with E-state index in [1.165, 1.54) is 37.4 Å². The zero-order valence-corrected chi connectivity index (χ0v) is 14.6. The van der Waals surface area contributed by atoms with E-state index in [1.54, 1.807) is 0 Å². The summed E-state index contributed by atoms with van der Waals surface area (Å²) in [5.74, 6) is -0.608. The number of hydrazone groups is 1. The van der Waals surface area contributed by atoms with E-state index in [2.05, 4.69) is 15.2 Å². The van der Waals surface area contributed by atoms with Gasteiger partial charge in [0, 0.05) is 0 Å². The first kappa shape index (κ1) is 18.5. The number of nitrogens with one attached hydrogen (secondary N) is 1. The number of urea groups is 1. The summed E-state index contributed by atoms with van der Waals surface area (Å²) in [4.78, 5) is 25.0. The summed E-state index contributed by atoms with van der Waals surface area (Å²) in [6.07, 6.45) is 1.44. The van der Waals surface area contributed by atoms with Crippen LogP contribution in [0.4, 0.5) is 13.6 Å². The molecule has 27 heavy (non-hydrogen) atoms. The van der Waals surface area contributed by atoms with Crippen molar-refractivity contribution in [1.82, 2.24) is 10.3 Å². The van der Waals surface area contributed by atoms with Gasteiger partial charge in [0.15, 0.2) is 0 Å². The lowest BCUT2D eigenvalue weighted by Crippen LogP contribution is -2.40. The lowest BCUT2D eigenvalue weighted by molar-refractivity contribution is -0.131. The Labute approximate surface area is 154 Å². The number of alkyl halides is 2. The highest BCUT2D eigenvalue weighted by Crippen LogP contribution is 2.30. The van der Waals surface area contributed by atoms with Crippen LogP contribution in [0, 0.1) is 6.92 Å². The van der Waals surface area contributed by atoms with Gasteiger partial charge in [0.25, 0.3) is 5.91 Å². The number of amides is 3. The normalized spacial score (nSPS) is 19.8. The van der Waals surface area contributed by atoms with Crippen molar-refractivity contribution in [3.63, 3.8) is 0 Å². The lowest BCUT2D eigenvalue weighted by Gasteiger charge is -2.21. The molecule has 1 aliphatic heterocycles. The Morgan fingerprint density at radius 3 is 2.44 bits per heavy atom. The molecule has 3 rings (SSSR count). The fraction of sp³-hybridized carbons (Fsp3) is 0.211. The smallest absolute Gasteiger partial charge is 0.387 e. The molecule has 1 atom stereocenters. The van der Waals surface area contributed by atoms with Crippen molar-refractivity contribution >= 4 is 18.2 Å². The number of aryl methyl sites for hydroxylation is 1. The van der Waals surface area contributed by atoms with Gasteiger partial charge in [-0.05, 0) is 42.7 Å². The van der Waals surface area contributed by atoms with Gasteiger partial charge < -0.3 is 10.1 Å². The van der Waals surface area contributed by atoms with Gasteiger partial charge in [-0.15, -0.1) is 5.01 Å². The van der Waals surface area contributed by atoms with E-state index in [-0.39, 0.29) is 5.75 Å². The SMILES string of the molecule is Cc1ccccc1C=NN1C(=O)N[C@](C)(c2ccc(OC(F)F)cc2)C1=O. The Morgan fingerprint density at radius 2 is 1.81 bits per heavy atom. The van der Waals surface area contributed by atoms with Gasteiger partial charge in [-0.2, -0.15) is 13.9 Å². The second kappa shape index (κ2) is 7.14. The number of hydrogen-bond donors (Lipinski definition) is 1. The number of carbonyl (C=O) groups excluding carboxylic acids is 2. The van der Waals surface area contributed by atoms with Crippen LogP contribution < -0.4 is 10.1 Å². The average molecular weight is 373 g/mol.